The van der Waals surface area contributed by atoms with E-state index in [2.05, 4.69) is 13.8 Å². The van der Waals surface area contributed by atoms with E-state index in [0.717, 1.165) is 0 Å². The number of fused-ring (bicyclic) bond motifs is 2. The van der Waals surface area contributed by atoms with Crippen molar-refractivity contribution in [2.75, 3.05) is 45.9 Å². The van der Waals surface area contributed by atoms with Crippen molar-refractivity contribution in [1.82, 2.24) is 0 Å². The van der Waals surface area contributed by atoms with Gasteiger partial charge in [0.25, 0.3) is 0 Å². The van der Waals surface area contributed by atoms with Crippen LogP contribution >= 0.6 is 0 Å². The van der Waals surface area contributed by atoms with Gasteiger partial charge in [0.2, 0.25) is 6.67 Å². The number of quaternary nitrogens is 2. The number of rotatable bonds is 2. The Labute approximate surface area is 98.2 Å². The Hall–Kier alpha value is 0.0500. The van der Waals surface area contributed by atoms with Crippen molar-refractivity contribution in [2.45, 2.75) is 13.8 Å². The monoisotopic (exact) mass is 255 g/mol. The molecule has 0 atom stereocenters. The molecule has 0 spiro atoms. The molecule has 0 aromatic rings. The highest BCUT2D eigenvalue weighted by molar-refractivity contribution is 4.57. The van der Waals surface area contributed by atoms with Crippen LogP contribution in [0.5, 0.6) is 0 Å². The van der Waals surface area contributed by atoms with Crippen LogP contribution in [-0.4, -0.2) is 54.9 Å². The van der Waals surface area contributed by atoms with Crippen LogP contribution in [-0.2, 0) is 0 Å². The molecular weight excluding hydrogens is 236 g/mol. The van der Waals surface area contributed by atoms with E-state index in [9.17, 15) is 0 Å². The lowest BCUT2D eigenvalue weighted by Crippen LogP contribution is -2.68. The van der Waals surface area contributed by atoms with Crippen LogP contribution in [0.1, 0.15) is 13.8 Å². The van der Waals surface area contributed by atoms with E-state index < -0.39 is 10.2 Å². The van der Waals surface area contributed by atoms with Crippen molar-refractivity contribution in [3.05, 3.63) is 0 Å². The standard InChI is InChI=1S/C9H20N2.ClHO4/c1-3-10-5-7-11(4-2,9-10)8-6-10;2-1(3,4)5/h3-9H2,1-2H3;(H,2,3,4,5)/q+2;/p-1. The van der Waals surface area contributed by atoms with E-state index in [1.807, 2.05) is 0 Å². The number of likely N-dealkylation sites (N-methyl/N-ethyl adjacent to an activating group) is 2. The lowest BCUT2D eigenvalue weighted by Gasteiger charge is -2.25. The van der Waals surface area contributed by atoms with Crippen LogP contribution in [0.25, 0.3) is 0 Å². The maximum Gasteiger partial charge on any atom is 0.208 e. The fourth-order valence-corrected chi connectivity index (χ4v) is 2.82. The van der Waals surface area contributed by atoms with Gasteiger partial charge in [0.15, 0.2) is 0 Å². The average molecular weight is 256 g/mol. The molecule has 2 heterocycles. The van der Waals surface area contributed by atoms with E-state index in [4.69, 9.17) is 18.6 Å². The first-order chi connectivity index (χ1) is 7.24. The summed E-state index contributed by atoms with van der Waals surface area (Å²) in [4.78, 5) is 0. The first kappa shape index (κ1) is 14.1. The van der Waals surface area contributed by atoms with E-state index in [0.29, 0.717) is 0 Å². The van der Waals surface area contributed by atoms with Gasteiger partial charge in [-0.1, -0.05) is 0 Å². The first-order valence-corrected chi connectivity index (χ1v) is 6.80. The molecule has 2 rings (SSSR count). The Morgan fingerprint density at radius 3 is 1.19 bits per heavy atom. The molecule has 0 aromatic heterocycles. The second-order valence-electron chi connectivity index (χ2n) is 4.73. The smallest absolute Gasteiger partial charge is 0.208 e. The van der Waals surface area contributed by atoms with Gasteiger partial charge in [0.1, 0.15) is 26.2 Å². The molecular formula is C9H20ClN2O4+. The van der Waals surface area contributed by atoms with E-state index in [1.165, 1.54) is 54.9 Å². The number of piperazine rings is 1. The van der Waals surface area contributed by atoms with Gasteiger partial charge in [-0.15, -0.1) is 10.2 Å². The largest absolute Gasteiger partial charge is 0.268 e. The minimum atomic E-state index is -4.94. The fraction of sp³-hybridized carbons (Fsp3) is 1.00. The zero-order valence-corrected chi connectivity index (χ0v) is 10.6. The third-order valence-corrected chi connectivity index (χ3v) is 4.04. The maximum absolute atomic E-state index is 8.49. The van der Waals surface area contributed by atoms with Crippen molar-refractivity contribution in [1.29, 1.82) is 0 Å². The van der Waals surface area contributed by atoms with Crippen LogP contribution in [0.3, 0.4) is 0 Å². The number of halogens is 1. The molecule has 0 saturated carbocycles. The molecule has 0 aromatic carbocycles. The minimum Gasteiger partial charge on any atom is -0.268 e. The highest BCUT2D eigenvalue weighted by Gasteiger charge is 2.53. The molecule has 2 aliphatic heterocycles. The van der Waals surface area contributed by atoms with Crippen molar-refractivity contribution >= 4 is 0 Å². The summed E-state index contributed by atoms with van der Waals surface area (Å²) in [7, 11) is -4.94. The molecule has 96 valence electrons. The van der Waals surface area contributed by atoms with Crippen molar-refractivity contribution in [3.63, 3.8) is 0 Å². The molecule has 2 aliphatic rings. The van der Waals surface area contributed by atoms with Gasteiger partial charge in [-0.25, -0.2) is 18.6 Å². The fourth-order valence-electron chi connectivity index (χ4n) is 2.82. The second kappa shape index (κ2) is 4.73. The summed E-state index contributed by atoms with van der Waals surface area (Å²) in [5, 5.41) is 0. The van der Waals surface area contributed by atoms with Crippen LogP contribution in [0.4, 0.5) is 0 Å². The molecule has 0 unspecified atom stereocenters. The van der Waals surface area contributed by atoms with E-state index >= 15 is 0 Å². The summed E-state index contributed by atoms with van der Waals surface area (Å²) in [6, 6.07) is 0. The van der Waals surface area contributed by atoms with Gasteiger partial charge in [0, 0.05) is 0 Å². The third-order valence-electron chi connectivity index (χ3n) is 4.04. The van der Waals surface area contributed by atoms with E-state index in [-0.39, 0.29) is 0 Å². The maximum atomic E-state index is 8.49. The van der Waals surface area contributed by atoms with Gasteiger partial charge >= 0.3 is 0 Å². The molecule has 0 amide bonds. The van der Waals surface area contributed by atoms with Crippen molar-refractivity contribution in [3.8, 4) is 0 Å². The van der Waals surface area contributed by atoms with Gasteiger partial charge in [-0.05, 0) is 13.8 Å². The van der Waals surface area contributed by atoms with Gasteiger partial charge in [-0.3, -0.25) is 8.97 Å². The molecule has 7 heteroatoms. The van der Waals surface area contributed by atoms with Crippen molar-refractivity contribution in [2.24, 2.45) is 0 Å². The topological polar surface area (TPSA) is 92.2 Å². The van der Waals surface area contributed by atoms with Gasteiger partial charge in [0.05, 0.1) is 13.1 Å². The molecule has 0 radical (unpaired) electrons. The lowest BCUT2D eigenvalue weighted by molar-refractivity contribution is -2.00. The van der Waals surface area contributed by atoms with Gasteiger partial charge in [-0.2, -0.15) is 0 Å². The minimum absolute atomic E-state index is 1.36. The zero-order valence-electron chi connectivity index (χ0n) is 9.86. The molecule has 0 aliphatic carbocycles. The average Bonchev–Trinajstić information content (AvgIpc) is 2.72. The summed E-state index contributed by atoms with van der Waals surface area (Å²) in [6.45, 7) is 14.7. The molecule has 0 N–H and O–H groups in total. The Bertz CT molecular complexity index is 212. The molecule has 16 heavy (non-hydrogen) atoms. The highest BCUT2D eigenvalue weighted by Crippen LogP contribution is 2.30. The summed E-state index contributed by atoms with van der Waals surface area (Å²) < 4.78 is 36.8. The van der Waals surface area contributed by atoms with Gasteiger partial charge < -0.3 is 0 Å². The first-order valence-electron chi connectivity index (χ1n) is 5.56. The number of hydrogen-bond donors (Lipinski definition) is 0. The molecule has 2 bridgehead atoms. The Balaban J connectivity index is 0.000000221. The predicted molar refractivity (Wildman–Crippen MR) is 45.9 cm³/mol. The van der Waals surface area contributed by atoms with Crippen LogP contribution in [0.2, 0.25) is 0 Å². The second-order valence-corrected chi connectivity index (χ2v) is 5.49. The lowest BCUT2D eigenvalue weighted by atomic mass is 10.3. The third kappa shape index (κ3) is 3.53. The summed E-state index contributed by atoms with van der Waals surface area (Å²) in [5.74, 6) is 0. The van der Waals surface area contributed by atoms with E-state index in [1.54, 1.807) is 0 Å². The summed E-state index contributed by atoms with van der Waals surface area (Å²) in [5.41, 5.74) is 0. The normalized spacial score (nSPS) is 37.1. The summed E-state index contributed by atoms with van der Waals surface area (Å²) in [6.07, 6.45) is 0. The van der Waals surface area contributed by atoms with Crippen molar-refractivity contribution < 1.29 is 37.8 Å². The number of hydrogen-bond acceptors (Lipinski definition) is 4. The van der Waals surface area contributed by atoms with Crippen LogP contribution in [0.15, 0.2) is 0 Å². The molecule has 2 saturated heterocycles. The summed E-state index contributed by atoms with van der Waals surface area (Å²) >= 11 is 0. The highest BCUT2D eigenvalue weighted by atomic mass is 35.7. The Morgan fingerprint density at radius 2 is 1.06 bits per heavy atom. The van der Waals surface area contributed by atoms with Crippen LogP contribution < -0.4 is 18.6 Å². The predicted octanol–water partition coefficient (Wildman–Crippen LogP) is -4.11. The van der Waals surface area contributed by atoms with Crippen LogP contribution in [0, 0.1) is 10.2 Å². The zero-order chi connectivity index (χ0) is 12.4. The Kier molecular flexibility index (Phi) is 4.18. The quantitative estimate of drug-likeness (QED) is 0.469. The molecule has 2 fully saturated rings. The number of nitrogens with zero attached hydrogens (tertiary/aromatic N) is 2. The molecule has 6 nitrogen and oxygen atoms in total. The SMILES string of the molecule is CC[N+]12CC[N+](CC)(CC1)C2.[O-][Cl+3]([O-])([O-])[O-]. The Morgan fingerprint density at radius 1 is 0.812 bits per heavy atom.